The summed E-state index contributed by atoms with van der Waals surface area (Å²) in [7, 11) is 0. The molecule has 106 valence electrons. The highest BCUT2D eigenvalue weighted by molar-refractivity contribution is 6.32. The number of anilines is 1. The van der Waals surface area contributed by atoms with Gasteiger partial charge in [-0.2, -0.15) is 0 Å². The molecule has 1 rings (SSSR count). The molecule has 1 unspecified atom stereocenters. The van der Waals surface area contributed by atoms with E-state index in [0.717, 1.165) is 0 Å². The predicted octanol–water partition coefficient (Wildman–Crippen LogP) is 2.63. The van der Waals surface area contributed by atoms with Crippen LogP contribution in [0.2, 0.25) is 5.02 Å². The number of ether oxygens (including phenoxy) is 1. The summed E-state index contributed by atoms with van der Waals surface area (Å²) in [6.07, 6.45) is 0.661. The van der Waals surface area contributed by atoms with E-state index in [1.807, 2.05) is 13.8 Å². The SMILES string of the molecule is CCOc1ccc(NC(=O)NC(CC)CO)cc1Cl. The largest absolute Gasteiger partial charge is 0.492 e. The Labute approximate surface area is 117 Å². The standard InChI is InChI=1S/C13H19ClN2O3/c1-3-9(8-17)15-13(18)16-10-5-6-12(19-4-2)11(14)7-10/h5-7,9,17H,3-4,8H2,1-2H3,(H2,15,16,18). The van der Waals surface area contributed by atoms with Gasteiger partial charge in [0.05, 0.1) is 24.3 Å². The van der Waals surface area contributed by atoms with Gasteiger partial charge in [0.1, 0.15) is 5.75 Å². The van der Waals surface area contributed by atoms with Crippen molar-refractivity contribution in [3.63, 3.8) is 0 Å². The van der Waals surface area contributed by atoms with Gasteiger partial charge in [-0.3, -0.25) is 0 Å². The summed E-state index contributed by atoms with van der Waals surface area (Å²) in [6, 6.07) is 4.40. The fourth-order valence-electron chi connectivity index (χ4n) is 1.48. The number of carbonyl (C=O) groups excluding carboxylic acids is 1. The first-order valence-corrected chi connectivity index (χ1v) is 6.59. The molecule has 0 fully saturated rings. The van der Waals surface area contributed by atoms with E-state index in [-0.39, 0.29) is 18.7 Å². The molecular formula is C13H19ClN2O3. The maximum absolute atomic E-state index is 11.7. The van der Waals surface area contributed by atoms with E-state index in [2.05, 4.69) is 10.6 Å². The van der Waals surface area contributed by atoms with Crippen LogP contribution in [0.15, 0.2) is 18.2 Å². The lowest BCUT2D eigenvalue weighted by Crippen LogP contribution is -2.39. The number of carbonyl (C=O) groups is 1. The molecule has 0 heterocycles. The molecule has 3 N–H and O–H groups in total. The first kappa shape index (κ1) is 15.6. The van der Waals surface area contributed by atoms with Crippen LogP contribution in [0.1, 0.15) is 20.3 Å². The zero-order valence-electron chi connectivity index (χ0n) is 11.1. The average Bonchev–Trinajstić information content (AvgIpc) is 2.39. The van der Waals surface area contributed by atoms with Crippen LogP contribution in [-0.4, -0.2) is 30.4 Å². The number of amides is 2. The lowest BCUT2D eigenvalue weighted by molar-refractivity contribution is 0.222. The van der Waals surface area contributed by atoms with Gasteiger partial charge in [0.2, 0.25) is 0 Å². The van der Waals surface area contributed by atoms with Crippen LogP contribution in [0.5, 0.6) is 5.75 Å². The number of halogens is 1. The quantitative estimate of drug-likeness (QED) is 0.753. The van der Waals surface area contributed by atoms with Gasteiger partial charge in [0, 0.05) is 5.69 Å². The maximum Gasteiger partial charge on any atom is 0.319 e. The van der Waals surface area contributed by atoms with Gasteiger partial charge in [-0.25, -0.2) is 4.79 Å². The van der Waals surface area contributed by atoms with Crippen molar-refractivity contribution in [2.75, 3.05) is 18.5 Å². The number of aliphatic hydroxyl groups excluding tert-OH is 1. The number of hydrogen-bond donors (Lipinski definition) is 3. The monoisotopic (exact) mass is 286 g/mol. The average molecular weight is 287 g/mol. The molecule has 1 aromatic rings. The van der Waals surface area contributed by atoms with Crippen LogP contribution in [0.25, 0.3) is 0 Å². The Morgan fingerprint density at radius 3 is 2.74 bits per heavy atom. The third kappa shape index (κ3) is 4.96. The fraction of sp³-hybridized carbons (Fsp3) is 0.462. The van der Waals surface area contributed by atoms with Crippen LogP contribution in [0.4, 0.5) is 10.5 Å². The molecule has 6 heteroatoms. The summed E-state index contributed by atoms with van der Waals surface area (Å²) in [4.78, 5) is 11.7. The smallest absolute Gasteiger partial charge is 0.319 e. The summed E-state index contributed by atoms with van der Waals surface area (Å²) in [5.74, 6) is 0.580. The Morgan fingerprint density at radius 1 is 1.47 bits per heavy atom. The molecule has 19 heavy (non-hydrogen) atoms. The molecule has 0 bridgehead atoms. The Hall–Kier alpha value is -1.46. The highest BCUT2D eigenvalue weighted by Gasteiger charge is 2.10. The number of rotatable bonds is 6. The van der Waals surface area contributed by atoms with Crippen molar-refractivity contribution in [2.24, 2.45) is 0 Å². The summed E-state index contributed by atoms with van der Waals surface area (Å²) in [6.45, 7) is 4.19. The molecule has 0 aliphatic heterocycles. The first-order valence-electron chi connectivity index (χ1n) is 6.21. The molecule has 5 nitrogen and oxygen atoms in total. The van der Waals surface area contributed by atoms with Crippen molar-refractivity contribution in [3.05, 3.63) is 23.2 Å². The van der Waals surface area contributed by atoms with Gasteiger partial charge in [-0.15, -0.1) is 0 Å². The van der Waals surface area contributed by atoms with Crippen molar-refractivity contribution < 1.29 is 14.6 Å². The molecule has 0 aliphatic carbocycles. The molecule has 0 saturated carbocycles. The molecule has 0 aromatic heterocycles. The van der Waals surface area contributed by atoms with Gasteiger partial charge < -0.3 is 20.5 Å². The number of nitrogens with one attached hydrogen (secondary N) is 2. The Bertz CT molecular complexity index is 422. The van der Waals surface area contributed by atoms with E-state index in [0.29, 0.717) is 29.5 Å². The van der Waals surface area contributed by atoms with Gasteiger partial charge >= 0.3 is 6.03 Å². The first-order chi connectivity index (χ1) is 9.10. The Morgan fingerprint density at radius 2 is 2.21 bits per heavy atom. The summed E-state index contributed by atoms with van der Waals surface area (Å²) in [5.41, 5.74) is 0.568. The molecule has 1 atom stereocenters. The summed E-state index contributed by atoms with van der Waals surface area (Å²) < 4.78 is 5.30. The van der Waals surface area contributed by atoms with Gasteiger partial charge in [0.25, 0.3) is 0 Å². The van der Waals surface area contributed by atoms with E-state index < -0.39 is 0 Å². The van der Waals surface area contributed by atoms with Gasteiger partial charge in [0.15, 0.2) is 0 Å². The van der Waals surface area contributed by atoms with E-state index in [1.54, 1.807) is 18.2 Å². The van der Waals surface area contributed by atoms with Crippen LogP contribution < -0.4 is 15.4 Å². The number of urea groups is 1. The third-order valence-corrected chi connectivity index (χ3v) is 2.83. The van der Waals surface area contributed by atoms with E-state index >= 15 is 0 Å². The molecular weight excluding hydrogens is 268 g/mol. The minimum absolute atomic E-state index is 0.0893. The zero-order chi connectivity index (χ0) is 14.3. The fourth-order valence-corrected chi connectivity index (χ4v) is 1.72. The second-order valence-corrected chi connectivity index (χ2v) is 4.37. The Kier molecular flexibility index (Phi) is 6.45. The predicted molar refractivity (Wildman–Crippen MR) is 75.9 cm³/mol. The van der Waals surface area contributed by atoms with Crippen LogP contribution in [0.3, 0.4) is 0 Å². The Balaban J connectivity index is 2.62. The molecule has 2 amide bonds. The third-order valence-electron chi connectivity index (χ3n) is 2.54. The molecule has 0 spiro atoms. The van der Waals surface area contributed by atoms with Gasteiger partial charge in [-0.05, 0) is 31.5 Å². The minimum Gasteiger partial charge on any atom is -0.492 e. The van der Waals surface area contributed by atoms with Crippen molar-refractivity contribution >= 4 is 23.3 Å². The van der Waals surface area contributed by atoms with Crippen molar-refractivity contribution in [1.82, 2.24) is 5.32 Å². The lowest BCUT2D eigenvalue weighted by atomic mass is 10.2. The maximum atomic E-state index is 11.7. The minimum atomic E-state index is -0.374. The van der Waals surface area contributed by atoms with Crippen molar-refractivity contribution in [1.29, 1.82) is 0 Å². The van der Waals surface area contributed by atoms with Crippen molar-refractivity contribution in [2.45, 2.75) is 26.3 Å². The highest BCUT2D eigenvalue weighted by Crippen LogP contribution is 2.27. The zero-order valence-corrected chi connectivity index (χ0v) is 11.8. The molecule has 0 saturated heterocycles. The van der Waals surface area contributed by atoms with E-state index in [4.69, 9.17) is 21.4 Å². The topological polar surface area (TPSA) is 70.6 Å². The molecule has 1 aromatic carbocycles. The van der Waals surface area contributed by atoms with Crippen molar-refractivity contribution in [3.8, 4) is 5.75 Å². The second kappa shape index (κ2) is 7.86. The second-order valence-electron chi connectivity index (χ2n) is 3.96. The van der Waals surface area contributed by atoms with Gasteiger partial charge in [-0.1, -0.05) is 18.5 Å². The molecule has 0 aliphatic rings. The lowest BCUT2D eigenvalue weighted by Gasteiger charge is -2.15. The van der Waals surface area contributed by atoms with Crippen LogP contribution >= 0.6 is 11.6 Å². The molecule has 0 radical (unpaired) electrons. The normalized spacial score (nSPS) is 11.8. The number of hydrogen-bond acceptors (Lipinski definition) is 3. The number of aliphatic hydroxyl groups is 1. The number of benzene rings is 1. The van der Waals surface area contributed by atoms with Crippen LogP contribution in [0, 0.1) is 0 Å². The summed E-state index contributed by atoms with van der Waals surface area (Å²) in [5, 5.41) is 14.7. The van der Waals surface area contributed by atoms with Crippen LogP contribution in [-0.2, 0) is 0 Å². The van der Waals surface area contributed by atoms with E-state index in [9.17, 15) is 4.79 Å². The summed E-state index contributed by atoms with van der Waals surface area (Å²) >= 11 is 6.02. The van der Waals surface area contributed by atoms with E-state index in [1.165, 1.54) is 0 Å². The highest BCUT2D eigenvalue weighted by atomic mass is 35.5.